The molecule has 0 heterocycles. The summed E-state index contributed by atoms with van der Waals surface area (Å²) in [5.41, 5.74) is 1.21. The predicted molar refractivity (Wildman–Crippen MR) is 101 cm³/mol. The van der Waals surface area contributed by atoms with E-state index in [1.807, 2.05) is 19.1 Å². The Hall–Kier alpha value is -2.78. The van der Waals surface area contributed by atoms with Crippen LogP contribution in [0.5, 0.6) is 11.5 Å². The summed E-state index contributed by atoms with van der Waals surface area (Å²) in [6.45, 7) is 2.36. The zero-order chi connectivity index (χ0) is 18.2. The van der Waals surface area contributed by atoms with Crippen LogP contribution in [0.15, 0.2) is 52.5 Å². The highest BCUT2D eigenvalue weighted by Gasteiger charge is 2.12. The minimum absolute atomic E-state index is 0.0186. The van der Waals surface area contributed by atoms with Gasteiger partial charge in [0.15, 0.2) is 0 Å². The van der Waals surface area contributed by atoms with Crippen molar-refractivity contribution in [3.8, 4) is 17.6 Å². The van der Waals surface area contributed by atoms with Gasteiger partial charge in [0.1, 0.15) is 23.1 Å². The molecule has 0 aliphatic heterocycles. The van der Waals surface area contributed by atoms with Gasteiger partial charge in [0, 0.05) is 15.7 Å². The van der Waals surface area contributed by atoms with Crippen LogP contribution in [0.25, 0.3) is 6.08 Å². The number of anilines is 1. The Kier molecular flexibility index (Phi) is 6.61. The Morgan fingerprint density at radius 2 is 2.00 bits per heavy atom. The van der Waals surface area contributed by atoms with E-state index in [2.05, 4.69) is 21.2 Å². The highest BCUT2D eigenvalue weighted by molar-refractivity contribution is 9.10. The van der Waals surface area contributed by atoms with Crippen molar-refractivity contribution in [3.05, 3.63) is 58.1 Å². The van der Waals surface area contributed by atoms with Crippen LogP contribution in [-0.2, 0) is 4.79 Å². The molecule has 2 aromatic carbocycles. The topological polar surface area (TPSA) is 71.3 Å². The van der Waals surface area contributed by atoms with Gasteiger partial charge in [0.2, 0.25) is 0 Å². The molecule has 0 spiro atoms. The molecule has 1 amide bonds. The second kappa shape index (κ2) is 8.90. The molecule has 2 rings (SSSR count). The lowest BCUT2D eigenvalue weighted by Gasteiger charge is -2.09. The maximum absolute atomic E-state index is 12.4. The van der Waals surface area contributed by atoms with Crippen LogP contribution in [0.3, 0.4) is 0 Å². The maximum Gasteiger partial charge on any atom is 0.266 e. The van der Waals surface area contributed by atoms with Crippen molar-refractivity contribution in [2.24, 2.45) is 0 Å². The van der Waals surface area contributed by atoms with E-state index in [0.29, 0.717) is 29.4 Å². The van der Waals surface area contributed by atoms with E-state index >= 15 is 0 Å². The molecule has 0 fully saturated rings. The van der Waals surface area contributed by atoms with Crippen molar-refractivity contribution in [3.63, 3.8) is 0 Å². The maximum atomic E-state index is 12.4. The molecule has 0 unspecified atom stereocenters. The third-order valence-electron chi connectivity index (χ3n) is 3.28. The monoisotopic (exact) mass is 400 g/mol. The smallest absolute Gasteiger partial charge is 0.266 e. The normalized spacial score (nSPS) is 10.7. The number of nitriles is 1. The molecule has 5 nitrogen and oxygen atoms in total. The molecule has 0 saturated carbocycles. The molecule has 1 N–H and O–H groups in total. The predicted octanol–water partition coefficient (Wildman–Crippen LogP) is 4.40. The van der Waals surface area contributed by atoms with Crippen molar-refractivity contribution < 1.29 is 14.3 Å². The molecule has 0 atom stereocenters. The fourth-order valence-electron chi connectivity index (χ4n) is 2.10. The van der Waals surface area contributed by atoms with Gasteiger partial charge in [-0.25, -0.2) is 0 Å². The molecule has 2 aromatic rings. The average molecular weight is 401 g/mol. The summed E-state index contributed by atoms with van der Waals surface area (Å²) in [5, 5.41) is 12.0. The van der Waals surface area contributed by atoms with Crippen LogP contribution in [-0.4, -0.2) is 19.6 Å². The van der Waals surface area contributed by atoms with Crippen molar-refractivity contribution in [1.29, 1.82) is 5.26 Å². The van der Waals surface area contributed by atoms with Gasteiger partial charge in [0.25, 0.3) is 5.91 Å². The van der Waals surface area contributed by atoms with E-state index in [0.717, 1.165) is 4.47 Å². The first-order valence-electron chi connectivity index (χ1n) is 7.57. The number of hydrogen-bond acceptors (Lipinski definition) is 4. The number of benzene rings is 2. The largest absolute Gasteiger partial charge is 0.497 e. The third kappa shape index (κ3) is 5.10. The number of nitrogens with zero attached hydrogens (tertiary/aromatic N) is 1. The van der Waals surface area contributed by atoms with Crippen molar-refractivity contribution >= 4 is 33.6 Å². The van der Waals surface area contributed by atoms with E-state index < -0.39 is 5.91 Å². The SMILES string of the molecule is CCOc1ccc(Br)cc1/C=C(\C#N)C(=O)Nc1ccc(OC)cc1. The van der Waals surface area contributed by atoms with Crippen molar-refractivity contribution in [2.45, 2.75) is 6.92 Å². The summed E-state index contributed by atoms with van der Waals surface area (Å²) in [5.74, 6) is 0.801. The zero-order valence-electron chi connectivity index (χ0n) is 13.9. The number of halogens is 1. The fourth-order valence-corrected chi connectivity index (χ4v) is 2.47. The average Bonchev–Trinajstić information content (AvgIpc) is 2.62. The Balaban J connectivity index is 2.26. The van der Waals surface area contributed by atoms with Crippen LogP contribution in [0.1, 0.15) is 12.5 Å². The summed E-state index contributed by atoms with van der Waals surface area (Å²) >= 11 is 3.38. The first-order chi connectivity index (χ1) is 12.1. The van der Waals surface area contributed by atoms with Crippen LogP contribution in [0.2, 0.25) is 0 Å². The number of hydrogen-bond donors (Lipinski definition) is 1. The molecule has 6 heteroatoms. The summed E-state index contributed by atoms with van der Waals surface area (Å²) in [7, 11) is 1.57. The van der Waals surface area contributed by atoms with E-state index in [4.69, 9.17) is 9.47 Å². The van der Waals surface area contributed by atoms with Crippen LogP contribution >= 0.6 is 15.9 Å². The van der Waals surface area contributed by atoms with Gasteiger partial charge in [0.05, 0.1) is 13.7 Å². The van der Waals surface area contributed by atoms with Crippen LogP contribution in [0.4, 0.5) is 5.69 Å². The number of methoxy groups -OCH3 is 1. The molecule has 0 aliphatic carbocycles. The zero-order valence-corrected chi connectivity index (χ0v) is 15.5. The second-order valence-corrected chi connectivity index (χ2v) is 5.88. The number of ether oxygens (including phenoxy) is 2. The van der Waals surface area contributed by atoms with Gasteiger partial charge in [-0.3, -0.25) is 4.79 Å². The Morgan fingerprint density at radius 1 is 1.28 bits per heavy atom. The summed E-state index contributed by atoms with van der Waals surface area (Å²) in [4.78, 5) is 12.4. The molecule has 0 aromatic heterocycles. The quantitative estimate of drug-likeness (QED) is 0.575. The first-order valence-corrected chi connectivity index (χ1v) is 8.36. The lowest BCUT2D eigenvalue weighted by Crippen LogP contribution is -2.13. The number of rotatable bonds is 6. The highest BCUT2D eigenvalue weighted by atomic mass is 79.9. The first kappa shape index (κ1) is 18.6. The summed E-state index contributed by atoms with van der Waals surface area (Å²) in [6.07, 6.45) is 1.51. The lowest BCUT2D eigenvalue weighted by molar-refractivity contribution is -0.112. The Morgan fingerprint density at radius 3 is 2.60 bits per heavy atom. The molecular formula is C19H17BrN2O3. The summed E-state index contributed by atoms with van der Waals surface area (Å²) < 4.78 is 11.4. The molecule has 128 valence electrons. The van der Waals surface area contributed by atoms with E-state index in [9.17, 15) is 10.1 Å². The fraction of sp³-hybridized carbons (Fsp3) is 0.158. The molecule has 0 radical (unpaired) electrons. The molecule has 0 saturated heterocycles. The third-order valence-corrected chi connectivity index (χ3v) is 3.78. The van der Waals surface area contributed by atoms with E-state index in [1.54, 1.807) is 43.5 Å². The Bertz CT molecular complexity index is 824. The van der Waals surface area contributed by atoms with Gasteiger partial charge >= 0.3 is 0 Å². The van der Waals surface area contributed by atoms with Gasteiger partial charge in [-0.05, 0) is 55.5 Å². The molecule has 0 bridgehead atoms. The number of carbonyl (C=O) groups is 1. The second-order valence-electron chi connectivity index (χ2n) is 4.97. The Labute approximate surface area is 155 Å². The number of amides is 1. The van der Waals surface area contributed by atoms with Gasteiger partial charge in [-0.2, -0.15) is 5.26 Å². The highest BCUT2D eigenvalue weighted by Crippen LogP contribution is 2.26. The van der Waals surface area contributed by atoms with Gasteiger partial charge in [-0.15, -0.1) is 0 Å². The van der Waals surface area contributed by atoms with Gasteiger partial charge < -0.3 is 14.8 Å². The molecular weight excluding hydrogens is 384 g/mol. The lowest BCUT2D eigenvalue weighted by atomic mass is 10.1. The molecule has 0 aliphatic rings. The standard InChI is InChI=1S/C19H17BrN2O3/c1-3-25-18-9-4-15(20)11-13(18)10-14(12-21)19(23)22-16-5-7-17(24-2)8-6-16/h4-11H,3H2,1-2H3,(H,22,23)/b14-10+. The van der Waals surface area contributed by atoms with E-state index in [1.165, 1.54) is 6.08 Å². The number of carbonyl (C=O) groups excluding carboxylic acids is 1. The van der Waals surface area contributed by atoms with Crippen LogP contribution in [0, 0.1) is 11.3 Å². The minimum atomic E-state index is -0.491. The minimum Gasteiger partial charge on any atom is -0.497 e. The van der Waals surface area contributed by atoms with Crippen molar-refractivity contribution in [2.75, 3.05) is 19.0 Å². The number of nitrogens with one attached hydrogen (secondary N) is 1. The van der Waals surface area contributed by atoms with Crippen LogP contribution < -0.4 is 14.8 Å². The summed E-state index contributed by atoms with van der Waals surface area (Å²) in [6, 6.07) is 14.2. The van der Waals surface area contributed by atoms with Crippen molar-refractivity contribution in [1.82, 2.24) is 0 Å². The van der Waals surface area contributed by atoms with Gasteiger partial charge in [-0.1, -0.05) is 15.9 Å². The molecule has 25 heavy (non-hydrogen) atoms. The van der Waals surface area contributed by atoms with E-state index in [-0.39, 0.29) is 5.57 Å².